The lowest BCUT2D eigenvalue weighted by Gasteiger charge is -2.24. The Morgan fingerprint density at radius 3 is 2.57 bits per heavy atom. The molecule has 5 heteroatoms. The van der Waals surface area contributed by atoms with Crippen molar-refractivity contribution in [3.8, 4) is 11.5 Å². The van der Waals surface area contributed by atoms with Crippen molar-refractivity contribution in [1.29, 1.82) is 0 Å². The molecule has 1 N–H and O–H groups in total. The Balaban J connectivity index is 2.75. The van der Waals surface area contributed by atoms with Crippen LogP contribution in [0.25, 0.3) is 0 Å². The number of nitrogens with one attached hydrogen (secondary N) is 1. The summed E-state index contributed by atoms with van der Waals surface area (Å²) in [6.07, 6.45) is 1.90. The summed E-state index contributed by atoms with van der Waals surface area (Å²) in [6, 6.07) is 5.17. The van der Waals surface area contributed by atoms with Crippen LogP contribution in [0.4, 0.5) is 0 Å². The van der Waals surface area contributed by atoms with Crippen molar-refractivity contribution in [2.45, 2.75) is 26.7 Å². The van der Waals surface area contributed by atoms with E-state index in [2.05, 4.69) is 19.2 Å². The zero-order chi connectivity index (χ0) is 15.9. The zero-order valence-electron chi connectivity index (χ0n) is 13.2. The van der Waals surface area contributed by atoms with Gasteiger partial charge in [-0.25, -0.2) is 0 Å². The van der Waals surface area contributed by atoms with Crippen LogP contribution < -0.4 is 14.8 Å². The number of ether oxygens (including phenoxy) is 2. The topological polar surface area (TPSA) is 47.6 Å². The average Bonchev–Trinajstić information content (AvgIpc) is 2.50. The highest BCUT2D eigenvalue weighted by molar-refractivity contribution is 6.17. The van der Waals surface area contributed by atoms with Crippen molar-refractivity contribution >= 4 is 17.5 Å². The van der Waals surface area contributed by atoms with Crippen LogP contribution in [-0.4, -0.2) is 32.6 Å². The van der Waals surface area contributed by atoms with E-state index in [1.165, 1.54) is 0 Å². The van der Waals surface area contributed by atoms with Crippen LogP contribution in [-0.2, 0) is 0 Å². The summed E-state index contributed by atoms with van der Waals surface area (Å²) >= 11 is 5.72. The molecule has 0 saturated carbocycles. The first kappa shape index (κ1) is 17.6. The third-order valence-electron chi connectivity index (χ3n) is 3.37. The Morgan fingerprint density at radius 2 is 2.00 bits per heavy atom. The molecular weight excluding hydrogens is 290 g/mol. The highest BCUT2D eigenvalue weighted by Gasteiger charge is 2.20. The second-order valence-corrected chi connectivity index (χ2v) is 6.08. The van der Waals surface area contributed by atoms with E-state index in [-0.39, 0.29) is 11.3 Å². The minimum atomic E-state index is -0.162. The summed E-state index contributed by atoms with van der Waals surface area (Å²) in [7, 11) is 3.11. The van der Waals surface area contributed by atoms with E-state index in [9.17, 15) is 4.79 Å². The van der Waals surface area contributed by atoms with Gasteiger partial charge in [0.1, 0.15) is 11.5 Å². The second-order valence-electron chi connectivity index (χ2n) is 5.71. The third-order valence-corrected chi connectivity index (χ3v) is 3.63. The maximum Gasteiger partial charge on any atom is 0.255 e. The number of hydrogen-bond acceptors (Lipinski definition) is 3. The summed E-state index contributed by atoms with van der Waals surface area (Å²) in [5.74, 6) is 1.64. The molecular formula is C16H24ClNO3. The summed E-state index contributed by atoms with van der Waals surface area (Å²) in [5, 5.41) is 2.96. The quantitative estimate of drug-likeness (QED) is 0.747. The average molecular weight is 314 g/mol. The van der Waals surface area contributed by atoms with Crippen LogP contribution in [0.5, 0.6) is 11.5 Å². The number of carbonyl (C=O) groups is 1. The summed E-state index contributed by atoms with van der Waals surface area (Å²) < 4.78 is 10.4. The molecule has 0 saturated heterocycles. The summed E-state index contributed by atoms with van der Waals surface area (Å²) in [6.45, 7) is 4.81. The standard InChI is InChI=1S/C16H24ClNO3/c1-16(2,8-5-9-17)11-18-15(19)13-10-12(20-3)6-7-14(13)21-4/h6-7,10H,5,8-9,11H2,1-4H3,(H,18,19). The van der Waals surface area contributed by atoms with Gasteiger partial charge in [0.15, 0.2) is 0 Å². The first-order chi connectivity index (χ1) is 9.93. The number of amides is 1. The summed E-state index contributed by atoms with van der Waals surface area (Å²) in [4.78, 5) is 12.3. The molecule has 0 radical (unpaired) electrons. The molecule has 1 aromatic rings. The van der Waals surface area contributed by atoms with Gasteiger partial charge in [-0.15, -0.1) is 11.6 Å². The number of halogens is 1. The van der Waals surface area contributed by atoms with Crippen molar-refractivity contribution in [1.82, 2.24) is 5.32 Å². The molecule has 0 aromatic heterocycles. The fourth-order valence-corrected chi connectivity index (χ4v) is 2.17. The Bertz CT molecular complexity index is 475. The van der Waals surface area contributed by atoms with Crippen molar-refractivity contribution in [2.75, 3.05) is 26.6 Å². The zero-order valence-corrected chi connectivity index (χ0v) is 13.9. The van der Waals surface area contributed by atoms with Gasteiger partial charge in [-0.1, -0.05) is 13.8 Å². The molecule has 21 heavy (non-hydrogen) atoms. The third kappa shape index (κ3) is 5.46. The molecule has 4 nitrogen and oxygen atoms in total. The summed E-state index contributed by atoms with van der Waals surface area (Å²) in [5.41, 5.74) is 0.487. The second kappa shape index (κ2) is 8.13. The molecule has 0 spiro atoms. The molecule has 0 unspecified atom stereocenters. The smallest absolute Gasteiger partial charge is 0.255 e. The maximum atomic E-state index is 12.3. The molecule has 0 aliphatic rings. The van der Waals surface area contributed by atoms with E-state index in [1.807, 2.05) is 0 Å². The number of methoxy groups -OCH3 is 2. The number of rotatable bonds is 8. The highest BCUT2D eigenvalue weighted by Crippen LogP contribution is 2.25. The predicted octanol–water partition coefficient (Wildman–Crippen LogP) is 3.48. The van der Waals surface area contributed by atoms with Crippen molar-refractivity contribution in [2.24, 2.45) is 5.41 Å². The van der Waals surface area contributed by atoms with E-state index in [0.717, 1.165) is 12.8 Å². The van der Waals surface area contributed by atoms with Gasteiger partial charge in [0, 0.05) is 12.4 Å². The number of benzene rings is 1. The Kier molecular flexibility index (Phi) is 6.82. The molecule has 1 rings (SSSR count). The highest BCUT2D eigenvalue weighted by atomic mass is 35.5. The van der Waals surface area contributed by atoms with Crippen molar-refractivity contribution in [3.05, 3.63) is 23.8 Å². The molecule has 0 heterocycles. The maximum absolute atomic E-state index is 12.3. The fraction of sp³-hybridized carbons (Fsp3) is 0.562. The van der Waals surface area contributed by atoms with Gasteiger partial charge in [0.2, 0.25) is 0 Å². The van der Waals surface area contributed by atoms with Gasteiger partial charge < -0.3 is 14.8 Å². The lowest BCUT2D eigenvalue weighted by Crippen LogP contribution is -2.34. The molecule has 1 aromatic carbocycles. The lowest BCUT2D eigenvalue weighted by molar-refractivity contribution is 0.0931. The van der Waals surface area contributed by atoms with Gasteiger partial charge in [-0.3, -0.25) is 4.79 Å². The first-order valence-corrected chi connectivity index (χ1v) is 7.53. The van der Waals surface area contributed by atoms with E-state index in [0.29, 0.717) is 29.5 Å². The Hall–Kier alpha value is -1.42. The molecule has 0 fully saturated rings. The molecule has 0 atom stereocenters. The van der Waals surface area contributed by atoms with Gasteiger partial charge in [0.05, 0.1) is 19.8 Å². The molecule has 1 amide bonds. The number of carbonyl (C=O) groups excluding carboxylic acids is 1. The van der Waals surface area contributed by atoms with E-state index >= 15 is 0 Å². The van der Waals surface area contributed by atoms with Crippen LogP contribution in [0.3, 0.4) is 0 Å². The van der Waals surface area contributed by atoms with Crippen molar-refractivity contribution < 1.29 is 14.3 Å². The number of alkyl halides is 1. The fourth-order valence-electron chi connectivity index (χ4n) is 2.04. The minimum absolute atomic E-state index is 0.0106. The van der Waals surface area contributed by atoms with E-state index < -0.39 is 0 Å². The predicted molar refractivity (Wildman–Crippen MR) is 85.6 cm³/mol. The van der Waals surface area contributed by atoms with Crippen LogP contribution >= 0.6 is 11.6 Å². The van der Waals surface area contributed by atoms with Crippen LogP contribution in [0, 0.1) is 5.41 Å². The largest absolute Gasteiger partial charge is 0.497 e. The van der Waals surface area contributed by atoms with Crippen LogP contribution in [0.2, 0.25) is 0 Å². The van der Waals surface area contributed by atoms with Crippen molar-refractivity contribution in [3.63, 3.8) is 0 Å². The van der Waals surface area contributed by atoms with E-state index in [1.54, 1.807) is 32.4 Å². The lowest BCUT2D eigenvalue weighted by atomic mass is 9.88. The first-order valence-electron chi connectivity index (χ1n) is 6.99. The Morgan fingerprint density at radius 1 is 1.29 bits per heavy atom. The van der Waals surface area contributed by atoms with Gasteiger partial charge in [-0.2, -0.15) is 0 Å². The minimum Gasteiger partial charge on any atom is -0.497 e. The van der Waals surface area contributed by atoms with Crippen LogP contribution in [0.15, 0.2) is 18.2 Å². The molecule has 0 bridgehead atoms. The molecule has 0 aliphatic heterocycles. The van der Waals surface area contributed by atoms with Crippen LogP contribution in [0.1, 0.15) is 37.0 Å². The molecule has 118 valence electrons. The normalized spacial score (nSPS) is 11.1. The monoisotopic (exact) mass is 313 g/mol. The SMILES string of the molecule is COc1ccc(OC)c(C(=O)NCC(C)(C)CCCCl)c1. The van der Waals surface area contributed by atoms with E-state index in [4.69, 9.17) is 21.1 Å². The molecule has 0 aliphatic carbocycles. The Labute approximate surface area is 131 Å². The van der Waals surface area contributed by atoms with Gasteiger partial charge in [-0.05, 0) is 36.5 Å². The van der Waals surface area contributed by atoms with Gasteiger partial charge >= 0.3 is 0 Å². The number of hydrogen-bond donors (Lipinski definition) is 1. The van der Waals surface area contributed by atoms with Gasteiger partial charge in [0.25, 0.3) is 5.91 Å².